The second-order valence-corrected chi connectivity index (χ2v) is 6.07. The zero-order chi connectivity index (χ0) is 18.7. The molecule has 0 aliphatic rings. The van der Waals surface area contributed by atoms with Crippen LogP contribution in [-0.2, 0) is 0 Å². The SMILES string of the molecule is Cc1ccc(-c2ccc(/C=C(/C#N)c3ccc(Cl)cc3)o2)cc1[N+](=O)[O-]. The summed E-state index contributed by atoms with van der Waals surface area (Å²) in [6.07, 6.45) is 1.62. The van der Waals surface area contributed by atoms with E-state index in [4.69, 9.17) is 16.0 Å². The molecule has 3 aromatic rings. The monoisotopic (exact) mass is 364 g/mol. The first-order chi connectivity index (χ1) is 12.5. The van der Waals surface area contributed by atoms with E-state index in [1.165, 1.54) is 6.07 Å². The molecule has 1 heterocycles. The lowest BCUT2D eigenvalue weighted by Gasteiger charge is -2.01. The Balaban J connectivity index is 1.95. The Morgan fingerprint density at radius 2 is 1.92 bits per heavy atom. The van der Waals surface area contributed by atoms with Crippen molar-refractivity contribution in [2.45, 2.75) is 6.92 Å². The third kappa shape index (κ3) is 3.66. The summed E-state index contributed by atoms with van der Waals surface area (Å²) in [6, 6.07) is 17.4. The molecule has 2 aromatic carbocycles. The predicted octanol–water partition coefficient (Wildman–Crippen LogP) is 5.88. The van der Waals surface area contributed by atoms with Gasteiger partial charge in [-0.05, 0) is 42.8 Å². The number of nitriles is 1. The van der Waals surface area contributed by atoms with Crippen LogP contribution < -0.4 is 0 Å². The Morgan fingerprint density at radius 3 is 2.58 bits per heavy atom. The van der Waals surface area contributed by atoms with Crippen molar-refractivity contribution in [1.82, 2.24) is 0 Å². The number of nitro benzene ring substituents is 1. The molecule has 0 unspecified atom stereocenters. The summed E-state index contributed by atoms with van der Waals surface area (Å²) < 4.78 is 5.75. The highest BCUT2D eigenvalue weighted by Crippen LogP contribution is 2.29. The lowest BCUT2D eigenvalue weighted by molar-refractivity contribution is -0.385. The van der Waals surface area contributed by atoms with Crippen LogP contribution >= 0.6 is 11.6 Å². The summed E-state index contributed by atoms with van der Waals surface area (Å²) in [5.41, 5.74) is 2.38. The Kier molecular flexibility index (Phi) is 4.87. The average Bonchev–Trinajstić information content (AvgIpc) is 3.09. The van der Waals surface area contributed by atoms with Gasteiger partial charge >= 0.3 is 0 Å². The van der Waals surface area contributed by atoms with Gasteiger partial charge in [-0.3, -0.25) is 10.1 Å². The highest BCUT2D eigenvalue weighted by Gasteiger charge is 2.14. The minimum atomic E-state index is -0.420. The lowest BCUT2D eigenvalue weighted by Crippen LogP contribution is -1.91. The van der Waals surface area contributed by atoms with Crippen molar-refractivity contribution < 1.29 is 9.34 Å². The molecule has 128 valence electrons. The van der Waals surface area contributed by atoms with Gasteiger partial charge in [0.05, 0.1) is 16.6 Å². The number of rotatable bonds is 4. The molecule has 26 heavy (non-hydrogen) atoms. The minimum absolute atomic E-state index is 0.0369. The van der Waals surface area contributed by atoms with Gasteiger partial charge < -0.3 is 4.42 Å². The van der Waals surface area contributed by atoms with Crippen LogP contribution in [0.4, 0.5) is 5.69 Å². The third-order valence-electron chi connectivity index (χ3n) is 3.88. The first kappa shape index (κ1) is 17.5. The number of halogens is 1. The van der Waals surface area contributed by atoms with E-state index in [0.29, 0.717) is 33.2 Å². The molecule has 0 saturated carbocycles. The third-order valence-corrected chi connectivity index (χ3v) is 4.13. The largest absolute Gasteiger partial charge is 0.457 e. The molecule has 0 atom stereocenters. The molecule has 1 aromatic heterocycles. The van der Waals surface area contributed by atoms with E-state index in [9.17, 15) is 15.4 Å². The van der Waals surface area contributed by atoms with Crippen LogP contribution in [0.25, 0.3) is 23.0 Å². The van der Waals surface area contributed by atoms with Crippen molar-refractivity contribution in [2.75, 3.05) is 0 Å². The van der Waals surface area contributed by atoms with Crippen molar-refractivity contribution in [3.8, 4) is 17.4 Å². The van der Waals surface area contributed by atoms with Gasteiger partial charge in [-0.2, -0.15) is 5.26 Å². The van der Waals surface area contributed by atoms with E-state index < -0.39 is 4.92 Å². The molecule has 0 radical (unpaired) electrons. The molecule has 0 fully saturated rings. The van der Waals surface area contributed by atoms with E-state index in [2.05, 4.69) is 6.07 Å². The van der Waals surface area contributed by atoms with Gasteiger partial charge in [-0.1, -0.05) is 35.9 Å². The standard InChI is InChI=1S/C20H13ClN2O3/c1-13-2-3-15(11-19(13)23(24)25)20-9-8-18(26-20)10-16(12-22)14-4-6-17(21)7-5-14/h2-11H,1H3/b16-10-. The summed E-state index contributed by atoms with van der Waals surface area (Å²) in [5, 5.41) is 21.1. The fourth-order valence-corrected chi connectivity index (χ4v) is 2.62. The molecule has 0 saturated heterocycles. The maximum absolute atomic E-state index is 11.1. The highest BCUT2D eigenvalue weighted by atomic mass is 35.5. The van der Waals surface area contributed by atoms with Crippen molar-refractivity contribution in [2.24, 2.45) is 0 Å². The second-order valence-electron chi connectivity index (χ2n) is 5.64. The van der Waals surface area contributed by atoms with Crippen LogP contribution in [0.15, 0.2) is 59.0 Å². The minimum Gasteiger partial charge on any atom is -0.457 e. The first-order valence-corrected chi connectivity index (χ1v) is 8.08. The number of nitro groups is 1. The van der Waals surface area contributed by atoms with Gasteiger partial charge in [0.25, 0.3) is 5.69 Å². The number of aryl methyl sites for hydroxylation is 1. The maximum atomic E-state index is 11.1. The fraction of sp³-hybridized carbons (Fsp3) is 0.0500. The van der Waals surface area contributed by atoms with Gasteiger partial charge in [0.15, 0.2) is 0 Å². The van der Waals surface area contributed by atoms with Crippen molar-refractivity contribution in [3.63, 3.8) is 0 Å². The molecule has 0 aliphatic carbocycles. The molecule has 3 rings (SSSR count). The zero-order valence-corrected chi connectivity index (χ0v) is 14.5. The molecule has 5 nitrogen and oxygen atoms in total. The number of furan rings is 1. The van der Waals surface area contributed by atoms with E-state index in [-0.39, 0.29) is 5.69 Å². The average molecular weight is 365 g/mol. The Hall–Kier alpha value is -3.36. The van der Waals surface area contributed by atoms with Crippen molar-refractivity contribution >= 4 is 28.9 Å². The van der Waals surface area contributed by atoms with Crippen LogP contribution in [0.3, 0.4) is 0 Å². The van der Waals surface area contributed by atoms with Crippen molar-refractivity contribution in [3.05, 3.63) is 86.6 Å². The van der Waals surface area contributed by atoms with Crippen LogP contribution in [0, 0.1) is 28.4 Å². The Morgan fingerprint density at radius 1 is 1.19 bits per heavy atom. The highest BCUT2D eigenvalue weighted by molar-refractivity contribution is 6.30. The number of nitrogens with zero attached hydrogens (tertiary/aromatic N) is 2. The quantitative estimate of drug-likeness (QED) is 0.329. The summed E-state index contributed by atoms with van der Waals surface area (Å²) in [4.78, 5) is 10.7. The molecule has 6 heteroatoms. The normalized spacial score (nSPS) is 11.2. The van der Waals surface area contributed by atoms with E-state index >= 15 is 0 Å². The molecular weight excluding hydrogens is 352 g/mol. The van der Waals surface area contributed by atoms with E-state index in [1.807, 2.05) is 0 Å². The van der Waals surface area contributed by atoms with E-state index in [1.54, 1.807) is 61.5 Å². The predicted molar refractivity (Wildman–Crippen MR) is 100 cm³/mol. The van der Waals surface area contributed by atoms with Crippen LogP contribution in [0.1, 0.15) is 16.9 Å². The smallest absolute Gasteiger partial charge is 0.273 e. The number of hydrogen-bond acceptors (Lipinski definition) is 4. The molecule has 0 bridgehead atoms. The molecule has 0 spiro atoms. The van der Waals surface area contributed by atoms with Gasteiger partial charge in [0.2, 0.25) is 0 Å². The molecule has 0 amide bonds. The van der Waals surface area contributed by atoms with Crippen LogP contribution in [0.5, 0.6) is 0 Å². The lowest BCUT2D eigenvalue weighted by atomic mass is 10.1. The number of allylic oxidation sites excluding steroid dienone is 1. The topological polar surface area (TPSA) is 80.1 Å². The van der Waals surface area contributed by atoms with Gasteiger partial charge in [0, 0.05) is 22.2 Å². The second kappa shape index (κ2) is 7.26. The molecular formula is C20H13ClN2O3. The Bertz CT molecular complexity index is 1040. The summed E-state index contributed by atoms with van der Waals surface area (Å²) in [5.74, 6) is 0.975. The van der Waals surface area contributed by atoms with E-state index in [0.717, 1.165) is 5.56 Å². The maximum Gasteiger partial charge on any atom is 0.273 e. The zero-order valence-electron chi connectivity index (χ0n) is 13.8. The number of benzene rings is 2. The van der Waals surface area contributed by atoms with Crippen LogP contribution in [0.2, 0.25) is 5.02 Å². The summed E-state index contributed by atoms with van der Waals surface area (Å²) >= 11 is 5.87. The van der Waals surface area contributed by atoms with Crippen molar-refractivity contribution in [1.29, 1.82) is 5.26 Å². The number of hydrogen-bond donors (Lipinski definition) is 0. The molecule has 0 N–H and O–H groups in total. The first-order valence-electron chi connectivity index (χ1n) is 7.71. The van der Waals surface area contributed by atoms with Gasteiger partial charge in [-0.15, -0.1) is 0 Å². The molecule has 0 aliphatic heterocycles. The Labute approximate surface area is 154 Å². The van der Waals surface area contributed by atoms with Gasteiger partial charge in [-0.25, -0.2) is 0 Å². The summed E-state index contributed by atoms with van der Waals surface area (Å²) in [6.45, 7) is 1.68. The fourth-order valence-electron chi connectivity index (χ4n) is 2.50. The van der Waals surface area contributed by atoms with Crippen LogP contribution in [-0.4, -0.2) is 4.92 Å². The van der Waals surface area contributed by atoms with Gasteiger partial charge in [0.1, 0.15) is 11.5 Å². The summed E-state index contributed by atoms with van der Waals surface area (Å²) in [7, 11) is 0.